The van der Waals surface area contributed by atoms with Crippen LogP contribution in [0.15, 0.2) is 82.7 Å². The maximum Gasteiger partial charge on any atom is 0.196 e. The van der Waals surface area contributed by atoms with Gasteiger partial charge in [-0.05, 0) is 54.1 Å². The summed E-state index contributed by atoms with van der Waals surface area (Å²) in [6.07, 6.45) is 3.46. The zero-order chi connectivity index (χ0) is 18.6. The van der Waals surface area contributed by atoms with E-state index in [1.165, 1.54) is 23.9 Å². The third kappa shape index (κ3) is 4.09. The molecule has 0 atom stereocenters. The minimum absolute atomic E-state index is 0.236. The lowest BCUT2D eigenvalue weighted by atomic mass is 10.2. The molecule has 0 unspecified atom stereocenters. The molecule has 0 fully saturated rings. The van der Waals surface area contributed by atoms with Crippen molar-refractivity contribution in [2.45, 2.75) is 10.9 Å². The first kappa shape index (κ1) is 17.9. The smallest absolute Gasteiger partial charge is 0.196 e. The summed E-state index contributed by atoms with van der Waals surface area (Å²) in [5.41, 5.74) is 2.78. The zero-order valence-corrected chi connectivity index (χ0v) is 16.5. The molecule has 0 radical (unpaired) electrons. The molecular weight excluding hydrogens is 427 g/mol. The van der Waals surface area contributed by atoms with Gasteiger partial charge in [-0.2, -0.15) is 0 Å². The number of nitrogens with zero attached hydrogens (tertiary/aromatic N) is 4. The summed E-state index contributed by atoms with van der Waals surface area (Å²) < 4.78 is 16.5. The van der Waals surface area contributed by atoms with Crippen molar-refractivity contribution in [2.24, 2.45) is 0 Å². The standard InChI is InChI=1S/C20H14BrFN4S/c21-16-4-6-18(7-5-16)26-19(15-8-10-23-11-9-15)24-25-20(26)27-13-14-2-1-3-17(22)12-14/h1-12H,13H2. The summed E-state index contributed by atoms with van der Waals surface area (Å²) in [6.45, 7) is 0. The number of thioether (sulfide) groups is 1. The molecule has 2 aromatic heterocycles. The van der Waals surface area contributed by atoms with Crippen molar-refractivity contribution < 1.29 is 4.39 Å². The highest BCUT2D eigenvalue weighted by Crippen LogP contribution is 2.30. The molecule has 134 valence electrons. The van der Waals surface area contributed by atoms with Crippen LogP contribution in [0.5, 0.6) is 0 Å². The van der Waals surface area contributed by atoms with Crippen molar-refractivity contribution in [1.82, 2.24) is 19.7 Å². The molecule has 0 aliphatic heterocycles. The Morgan fingerprint density at radius 3 is 2.48 bits per heavy atom. The maximum atomic E-state index is 13.4. The molecule has 0 amide bonds. The molecule has 0 aliphatic carbocycles. The summed E-state index contributed by atoms with van der Waals surface area (Å²) in [7, 11) is 0. The largest absolute Gasteiger partial charge is 0.270 e. The van der Waals surface area contributed by atoms with Crippen LogP contribution in [0.3, 0.4) is 0 Å². The molecule has 0 saturated carbocycles. The number of halogens is 2. The van der Waals surface area contributed by atoms with Gasteiger partial charge in [-0.3, -0.25) is 9.55 Å². The van der Waals surface area contributed by atoms with Gasteiger partial charge in [0.05, 0.1) is 0 Å². The van der Waals surface area contributed by atoms with E-state index in [9.17, 15) is 4.39 Å². The lowest BCUT2D eigenvalue weighted by Gasteiger charge is -2.10. The van der Waals surface area contributed by atoms with Crippen LogP contribution in [0, 0.1) is 5.82 Å². The first-order chi connectivity index (χ1) is 13.2. The second-order valence-corrected chi connectivity index (χ2v) is 7.63. The van der Waals surface area contributed by atoms with Gasteiger partial charge in [0.1, 0.15) is 5.82 Å². The van der Waals surface area contributed by atoms with E-state index in [0.717, 1.165) is 32.3 Å². The lowest BCUT2D eigenvalue weighted by Crippen LogP contribution is -2.00. The normalized spacial score (nSPS) is 10.9. The fourth-order valence-corrected chi connectivity index (χ4v) is 3.81. The van der Waals surface area contributed by atoms with E-state index in [2.05, 4.69) is 31.1 Å². The minimum Gasteiger partial charge on any atom is -0.270 e. The number of aromatic nitrogens is 4. The van der Waals surface area contributed by atoms with Crippen molar-refractivity contribution in [3.05, 3.63) is 88.9 Å². The molecule has 0 N–H and O–H groups in total. The van der Waals surface area contributed by atoms with Crippen molar-refractivity contribution in [1.29, 1.82) is 0 Å². The van der Waals surface area contributed by atoms with Gasteiger partial charge in [-0.25, -0.2) is 4.39 Å². The minimum atomic E-state index is -0.236. The Morgan fingerprint density at radius 2 is 1.74 bits per heavy atom. The predicted molar refractivity (Wildman–Crippen MR) is 108 cm³/mol. The molecule has 27 heavy (non-hydrogen) atoms. The van der Waals surface area contributed by atoms with Gasteiger partial charge in [-0.1, -0.05) is 39.8 Å². The van der Waals surface area contributed by atoms with Crippen molar-refractivity contribution in [2.75, 3.05) is 0 Å². The maximum absolute atomic E-state index is 13.4. The number of hydrogen-bond donors (Lipinski definition) is 0. The van der Waals surface area contributed by atoms with E-state index in [-0.39, 0.29) is 5.82 Å². The fourth-order valence-electron chi connectivity index (χ4n) is 2.65. The Kier molecular flexibility index (Phi) is 5.31. The van der Waals surface area contributed by atoms with Crippen molar-refractivity contribution in [3.8, 4) is 17.1 Å². The van der Waals surface area contributed by atoms with Gasteiger partial charge in [0.2, 0.25) is 0 Å². The van der Waals surface area contributed by atoms with Gasteiger partial charge in [-0.15, -0.1) is 10.2 Å². The second-order valence-electron chi connectivity index (χ2n) is 5.77. The second kappa shape index (κ2) is 8.02. The Morgan fingerprint density at radius 1 is 0.963 bits per heavy atom. The van der Waals surface area contributed by atoms with Crippen LogP contribution in [-0.4, -0.2) is 19.7 Å². The highest BCUT2D eigenvalue weighted by Gasteiger charge is 2.16. The molecule has 4 aromatic rings. The molecule has 4 nitrogen and oxygen atoms in total. The topological polar surface area (TPSA) is 43.6 Å². The number of rotatable bonds is 5. The van der Waals surface area contributed by atoms with Crippen LogP contribution in [-0.2, 0) is 5.75 Å². The van der Waals surface area contributed by atoms with E-state index in [0.29, 0.717) is 5.75 Å². The molecular formula is C20H14BrFN4S. The van der Waals surface area contributed by atoms with E-state index < -0.39 is 0 Å². The highest BCUT2D eigenvalue weighted by atomic mass is 79.9. The van der Waals surface area contributed by atoms with E-state index in [1.807, 2.05) is 47.0 Å². The third-order valence-corrected chi connectivity index (χ3v) is 5.44. The van der Waals surface area contributed by atoms with E-state index in [1.54, 1.807) is 18.5 Å². The number of pyridine rings is 1. The molecule has 0 spiro atoms. The van der Waals surface area contributed by atoms with Crippen LogP contribution < -0.4 is 0 Å². The van der Waals surface area contributed by atoms with Gasteiger partial charge in [0.25, 0.3) is 0 Å². The van der Waals surface area contributed by atoms with E-state index >= 15 is 0 Å². The number of hydrogen-bond acceptors (Lipinski definition) is 4. The summed E-state index contributed by atoms with van der Waals surface area (Å²) in [6, 6.07) is 18.4. The highest BCUT2D eigenvalue weighted by molar-refractivity contribution is 9.10. The Balaban J connectivity index is 1.73. The van der Waals surface area contributed by atoms with Crippen LogP contribution in [0.2, 0.25) is 0 Å². The van der Waals surface area contributed by atoms with Crippen LogP contribution in [0.1, 0.15) is 5.56 Å². The monoisotopic (exact) mass is 440 g/mol. The Hall–Kier alpha value is -2.51. The summed E-state index contributed by atoms with van der Waals surface area (Å²) in [5, 5.41) is 9.52. The summed E-state index contributed by atoms with van der Waals surface area (Å²) >= 11 is 4.99. The van der Waals surface area contributed by atoms with Gasteiger partial charge < -0.3 is 0 Å². The molecule has 4 rings (SSSR count). The Bertz CT molecular complexity index is 1050. The molecule has 0 aliphatic rings. The molecule has 2 heterocycles. The van der Waals surface area contributed by atoms with Gasteiger partial charge in [0.15, 0.2) is 11.0 Å². The van der Waals surface area contributed by atoms with E-state index in [4.69, 9.17) is 0 Å². The van der Waals surface area contributed by atoms with Crippen LogP contribution in [0.25, 0.3) is 17.1 Å². The van der Waals surface area contributed by atoms with Gasteiger partial charge >= 0.3 is 0 Å². The molecule has 0 saturated heterocycles. The zero-order valence-electron chi connectivity index (χ0n) is 14.1. The average molecular weight is 441 g/mol. The van der Waals surface area contributed by atoms with Crippen molar-refractivity contribution >= 4 is 27.7 Å². The fraction of sp³-hybridized carbons (Fsp3) is 0.0500. The molecule has 2 aromatic carbocycles. The van der Waals surface area contributed by atoms with Gasteiger partial charge in [0, 0.05) is 33.9 Å². The molecule has 0 bridgehead atoms. The van der Waals surface area contributed by atoms with Crippen molar-refractivity contribution in [3.63, 3.8) is 0 Å². The lowest BCUT2D eigenvalue weighted by molar-refractivity contribution is 0.626. The molecule has 7 heteroatoms. The third-order valence-electron chi connectivity index (χ3n) is 3.91. The summed E-state index contributed by atoms with van der Waals surface area (Å²) in [4.78, 5) is 4.07. The first-order valence-corrected chi connectivity index (χ1v) is 9.97. The van der Waals surface area contributed by atoms with Crippen LogP contribution >= 0.6 is 27.7 Å². The quantitative estimate of drug-likeness (QED) is 0.383. The Labute approximate surface area is 168 Å². The average Bonchev–Trinajstić information content (AvgIpc) is 3.12. The summed E-state index contributed by atoms with van der Waals surface area (Å²) in [5.74, 6) is 1.10. The predicted octanol–water partition coefficient (Wildman–Crippen LogP) is 5.52. The number of benzene rings is 2. The SMILES string of the molecule is Fc1cccc(CSc2nnc(-c3ccncc3)n2-c2ccc(Br)cc2)c1. The van der Waals surface area contributed by atoms with Crippen LogP contribution in [0.4, 0.5) is 4.39 Å². The first-order valence-electron chi connectivity index (χ1n) is 8.20.